The quantitative estimate of drug-likeness (QED) is 0.550. The van der Waals surface area contributed by atoms with Gasteiger partial charge in [0, 0.05) is 17.6 Å². The summed E-state index contributed by atoms with van der Waals surface area (Å²) in [5, 5.41) is 9.99. The summed E-state index contributed by atoms with van der Waals surface area (Å²) in [6.07, 6.45) is 1.56. The van der Waals surface area contributed by atoms with Crippen LogP contribution in [-0.2, 0) is 10.0 Å². The first-order valence-electron chi connectivity index (χ1n) is 7.80. The van der Waals surface area contributed by atoms with Crippen molar-refractivity contribution in [1.82, 2.24) is 4.98 Å². The van der Waals surface area contributed by atoms with E-state index in [0.717, 1.165) is 9.87 Å². The molecule has 0 unspecified atom stereocenters. The highest BCUT2D eigenvalue weighted by atomic mass is 32.2. The number of hydrogen-bond donors (Lipinski definition) is 2. The summed E-state index contributed by atoms with van der Waals surface area (Å²) in [5.41, 5.74) is 7.65. The molecule has 0 fully saturated rings. The zero-order chi connectivity index (χ0) is 18.7. The molecule has 1 heterocycles. The Labute approximate surface area is 151 Å². The van der Waals surface area contributed by atoms with Crippen LogP contribution in [0.4, 0.5) is 5.69 Å². The third-order valence-corrected chi connectivity index (χ3v) is 5.56. The van der Waals surface area contributed by atoms with Crippen molar-refractivity contribution in [1.29, 1.82) is 5.26 Å². The van der Waals surface area contributed by atoms with Crippen LogP contribution in [0.3, 0.4) is 0 Å². The van der Waals surface area contributed by atoms with Crippen molar-refractivity contribution in [3.63, 3.8) is 0 Å². The van der Waals surface area contributed by atoms with Crippen LogP contribution in [0.25, 0.3) is 10.9 Å². The lowest BCUT2D eigenvalue weighted by Gasteiger charge is -2.19. The highest BCUT2D eigenvalue weighted by Gasteiger charge is 2.26. The first-order chi connectivity index (χ1) is 12.5. The zero-order valence-electron chi connectivity index (χ0n) is 14.0. The first-order valence-corrected chi connectivity index (χ1v) is 9.24. The van der Waals surface area contributed by atoms with E-state index in [1.165, 1.54) is 12.1 Å². The SMILES string of the molecule is Cc1ccc(N(C#CCN)S(=O)(=O)c2ccccc2)c2[nH]cc(C#N)c12. The molecule has 2 aromatic carbocycles. The van der Waals surface area contributed by atoms with Crippen LogP contribution in [0.2, 0.25) is 0 Å². The largest absolute Gasteiger partial charge is 0.358 e. The number of nitrogens with two attached hydrogens (primary N) is 1. The van der Waals surface area contributed by atoms with Crippen molar-refractivity contribution >= 4 is 26.6 Å². The summed E-state index contributed by atoms with van der Waals surface area (Å²) in [6, 6.07) is 16.2. The minimum atomic E-state index is -3.93. The Balaban J connectivity index is 2.29. The van der Waals surface area contributed by atoms with E-state index < -0.39 is 10.0 Å². The molecular weight excluding hydrogens is 348 g/mol. The maximum absolute atomic E-state index is 13.1. The average molecular weight is 364 g/mol. The molecule has 26 heavy (non-hydrogen) atoms. The molecule has 6 nitrogen and oxygen atoms in total. The molecule has 1 aromatic heterocycles. The molecule has 0 aliphatic carbocycles. The van der Waals surface area contributed by atoms with E-state index in [9.17, 15) is 13.7 Å². The lowest BCUT2D eigenvalue weighted by molar-refractivity contribution is 0.596. The number of nitrogens with zero attached hydrogens (tertiary/aromatic N) is 2. The molecule has 0 saturated carbocycles. The van der Waals surface area contributed by atoms with Gasteiger partial charge in [-0.15, -0.1) is 0 Å². The molecule has 7 heteroatoms. The second-order valence-corrected chi connectivity index (χ2v) is 7.33. The molecule has 0 aliphatic heterocycles. The third-order valence-electron chi connectivity index (χ3n) is 3.93. The number of benzene rings is 2. The van der Waals surface area contributed by atoms with Crippen molar-refractivity contribution in [2.24, 2.45) is 5.73 Å². The molecule has 0 aliphatic rings. The van der Waals surface area contributed by atoms with Crippen molar-refractivity contribution in [3.05, 3.63) is 59.8 Å². The number of aryl methyl sites for hydroxylation is 1. The lowest BCUT2D eigenvalue weighted by Crippen LogP contribution is -2.26. The summed E-state index contributed by atoms with van der Waals surface area (Å²) >= 11 is 0. The number of nitrogens with one attached hydrogen (secondary N) is 1. The summed E-state index contributed by atoms with van der Waals surface area (Å²) in [5.74, 6) is 2.62. The molecule has 3 rings (SSSR count). The minimum Gasteiger partial charge on any atom is -0.358 e. The predicted octanol–water partition coefficient (Wildman–Crippen LogP) is 2.46. The number of aromatic amines is 1. The van der Waals surface area contributed by atoms with Crippen LogP contribution in [0.1, 0.15) is 11.1 Å². The van der Waals surface area contributed by atoms with Crippen molar-refractivity contribution in [2.75, 3.05) is 10.8 Å². The maximum atomic E-state index is 13.1. The van der Waals surface area contributed by atoms with Crippen LogP contribution in [-0.4, -0.2) is 19.9 Å². The highest BCUT2D eigenvalue weighted by Crippen LogP contribution is 2.33. The number of rotatable bonds is 3. The van der Waals surface area contributed by atoms with E-state index in [2.05, 4.69) is 23.0 Å². The van der Waals surface area contributed by atoms with Gasteiger partial charge in [0.1, 0.15) is 6.07 Å². The summed E-state index contributed by atoms with van der Waals surface area (Å²) < 4.78 is 27.3. The molecule has 0 saturated heterocycles. The maximum Gasteiger partial charge on any atom is 0.275 e. The van der Waals surface area contributed by atoms with Gasteiger partial charge >= 0.3 is 0 Å². The fourth-order valence-electron chi connectivity index (χ4n) is 2.73. The normalized spacial score (nSPS) is 10.8. The van der Waals surface area contributed by atoms with E-state index in [-0.39, 0.29) is 11.4 Å². The molecule has 3 aromatic rings. The van der Waals surface area contributed by atoms with Crippen LogP contribution >= 0.6 is 0 Å². The van der Waals surface area contributed by atoms with Gasteiger partial charge in [-0.25, -0.2) is 8.42 Å². The number of H-pyrrole nitrogens is 1. The second kappa shape index (κ2) is 6.93. The first kappa shape index (κ1) is 17.6. The van der Waals surface area contributed by atoms with Crippen LogP contribution in [0.15, 0.2) is 53.6 Å². The molecule has 0 amide bonds. The Morgan fingerprint density at radius 3 is 2.58 bits per heavy atom. The lowest BCUT2D eigenvalue weighted by atomic mass is 10.1. The molecule has 0 spiro atoms. The van der Waals surface area contributed by atoms with Gasteiger partial charge in [0.25, 0.3) is 10.0 Å². The van der Waals surface area contributed by atoms with Crippen molar-refractivity contribution < 1.29 is 8.42 Å². The number of sulfonamides is 1. The van der Waals surface area contributed by atoms with Gasteiger partial charge < -0.3 is 10.7 Å². The molecular formula is C19H16N4O2S. The standard InChI is InChI=1S/C19H16N4O2S/c1-14-8-9-17(19-18(14)15(12-21)13-22-19)23(11-5-10-20)26(24,25)16-6-3-2-4-7-16/h2-4,6-9,13,22H,10,20H2,1H3. The number of aromatic nitrogens is 1. The Morgan fingerprint density at radius 1 is 1.19 bits per heavy atom. The Bertz CT molecular complexity index is 1160. The molecule has 3 N–H and O–H groups in total. The predicted molar refractivity (Wildman–Crippen MR) is 101 cm³/mol. The van der Waals surface area contributed by atoms with E-state index in [0.29, 0.717) is 22.2 Å². The van der Waals surface area contributed by atoms with Crippen LogP contribution in [0, 0.1) is 30.2 Å². The Kier molecular flexibility index (Phi) is 4.68. The topological polar surface area (TPSA) is 103 Å². The van der Waals surface area contributed by atoms with Gasteiger partial charge in [-0.2, -0.15) is 9.57 Å². The smallest absolute Gasteiger partial charge is 0.275 e. The number of hydrogen-bond acceptors (Lipinski definition) is 4. The average Bonchev–Trinajstić information content (AvgIpc) is 3.09. The van der Waals surface area contributed by atoms with E-state index in [4.69, 9.17) is 5.73 Å². The third kappa shape index (κ3) is 2.91. The van der Waals surface area contributed by atoms with Crippen LogP contribution in [0.5, 0.6) is 0 Å². The van der Waals surface area contributed by atoms with E-state index >= 15 is 0 Å². The van der Waals surface area contributed by atoms with Gasteiger partial charge in [0.05, 0.1) is 28.2 Å². The summed E-state index contributed by atoms with van der Waals surface area (Å²) in [4.78, 5) is 3.12. The van der Waals surface area contributed by atoms with E-state index in [1.54, 1.807) is 36.5 Å². The van der Waals surface area contributed by atoms with Gasteiger partial charge in [0.15, 0.2) is 0 Å². The second-order valence-electron chi connectivity index (χ2n) is 5.54. The van der Waals surface area contributed by atoms with Gasteiger partial charge in [0.2, 0.25) is 0 Å². The van der Waals surface area contributed by atoms with E-state index in [1.807, 2.05) is 6.92 Å². The molecule has 130 valence electrons. The fourth-order valence-corrected chi connectivity index (χ4v) is 4.04. The van der Waals surface area contributed by atoms with Gasteiger partial charge in [-0.3, -0.25) is 0 Å². The van der Waals surface area contributed by atoms with Gasteiger partial charge in [-0.05, 0) is 30.7 Å². The number of nitriles is 1. The molecule has 0 radical (unpaired) electrons. The Hall–Kier alpha value is -3.26. The zero-order valence-corrected chi connectivity index (χ0v) is 14.8. The fraction of sp³-hybridized carbons (Fsp3) is 0.105. The van der Waals surface area contributed by atoms with Crippen molar-refractivity contribution in [3.8, 4) is 18.0 Å². The molecule has 0 bridgehead atoms. The summed E-state index contributed by atoms with van der Waals surface area (Å²) in [6.45, 7) is 1.88. The van der Waals surface area contributed by atoms with Gasteiger partial charge in [-0.1, -0.05) is 30.2 Å². The highest BCUT2D eigenvalue weighted by molar-refractivity contribution is 7.93. The Morgan fingerprint density at radius 2 is 1.92 bits per heavy atom. The van der Waals surface area contributed by atoms with Crippen molar-refractivity contribution in [2.45, 2.75) is 11.8 Å². The number of fused-ring (bicyclic) bond motifs is 1. The minimum absolute atomic E-state index is 0.0178. The molecule has 0 atom stereocenters. The van der Waals surface area contributed by atoms with Crippen LogP contribution < -0.4 is 10.0 Å². The summed E-state index contributed by atoms with van der Waals surface area (Å²) in [7, 11) is -3.93. The monoisotopic (exact) mass is 364 g/mol. The number of anilines is 1.